The van der Waals surface area contributed by atoms with Crippen LogP contribution in [0.1, 0.15) is 38.1 Å². The first-order valence-electron chi connectivity index (χ1n) is 6.81. The van der Waals surface area contributed by atoms with Crippen LogP contribution in [0.5, 0.6) is 0 Å². The Kier molecular flexibility index (Phi) is 7.20. The van der Waals surface area contributed by atoms with Gasteiger partial charge in [0.2, 0.25) is 0 Å². The fourth-order valence-electron chi connectivity index (χ4n) is 2.20. The van der Waals surface area contributed by atoms with Crippen LogP contribution in [-0.4, -0.2) is 36.0 Å². The van der Waals surface area contributed by atoms with Crippen LogP contribution in [0.2, 0.25) is 0 Å². The van der Waals surface area contributed by atoms with Crippen LogP contribution < -0.4 is 5.32 Å². The Balaban J connectivity index is 2.55. The van der Waals surface area contributed by atoms with Crippen LogP contribution >= 0.6 is 31.9 Å². The molecule has 1 amide bonds. The van der Waals surface area contributed by atoms with Gasteiger partial charge in [-0.15, -0.1) is 0 Å². The highest BCUT2D eigenvalue weighted by Gasteiger charge is 2.13. The Morgan fingerprint density at radius 1 is 1.10 bits per heavy atom. The summed E-state index contributed by atoms with van der Waals surface area (Å²) >= 11 is 6.79. The molecule has 0 saturated heterocycles. The van der Waals surface area contributed by atoms with Crippen molar-refractivity contribution in [2.45, 2.75) is 39.8 Å². The largest absolute Gasteiger partial charge is 0.351 e. The van der Waals surface area contributed by atoms with Crippen molar-refractivity contribution < 1.29 is 4.79 Å². The summed E-state index contributed by atoms with van der Waals surface area (Å²) in [7, 11) is 0. The number of halogens is 2. The number of hydrogen-bond acceptors (Lipinski definition) is 2. The molecule has 0 aliphatic heterocycles. The van der Waals surface area contributed by atoms with Gasteiger partial charge < -0.3 is 5.32 Å². The van der Waals surface area contributed by atoms with Crippen molar-refractivity contribution >= 4 is 37.8 Å². The quantitative estimate of drug-likeness (QED) is 0.773. The SMILES string of the molecule is CC(C)N(CCNC(=O)c1cc(Br)cc(Br)c1)C(C)C. The van der Waals surface area contributed by atoms with Crippen molar-refractivity contribution in [2.24, 2.45) is 0 Å². The topological polar surface area (TPSA) is 32.3 Å². The molecular formula is C15H22Br2N2O. The molecule has 1 N–H and O–H groups in total. The fourth-order valence-corrected chi connectivity index (χ4v) is 3.49. The van der Waals surface area contributed by atoms with Gasteiger partial charge in [0.15, 0.2) is 0 Å². The molecule has 1 aromatic rings. The predicted octanol–water partition coefficient (Wildman–Crippen LogP) is 4.06. The highest BCUT2D eigenvalue weighted by Crippen LogP contribution is 2.20. The maximum Gasteiger partial charge on any atom is 0.251 e. The standard InChI is InChI=1S/C15H22Br2N2O/c1-10(2)19(11(3)4)6-5-18-15(20)12-7-13(16)9-14(17)8-12/h7-11H,5-6H2,1-4H3,(H,18,20). The van der Waals surface area contributed by atoms with Gasteiger partial charge in [-0.05, 0) is 45.9 Å². The Morgan fingerprint density at radius 3 is 2.05 bits per heavy atom. The van der Waals surface area contributed by atoms with Gasteiger partial charge in [-0.1, -0.05) is 31.9 Å². The van der Waals surface area contributed by atoms with E-state index < -0.39 is 0 Å². The second-order valence-corrected chi connectivity index (χ2v) is 7.17. The van der Waals surface area contributed by atoms with Crippen LogP contribution in [0.4, 0.5) is 0 Å². The molecule has 112 valence electrons. The molecule has 5 heteroatoms. The number of benzene rings is 1. The molecule has 0 spiro atoms. The summed E-state index contributed by atoms with van der Waals surface area (Å²) in [5.74, 6) is -0.0422. The van der Waals surface area contributed by atoms with Gasteiger partial charge >= 0.3 is 0 Å². The van der Waals surface area contributed by atoms with Crippen molar-refractivity contribution in [3.8, 4) is 0 Å². The minimum atomic E-state index is -0.0422. The molecule has 1 rings (SSSR count). The van der Waals surface area contributed by atoms with Crippen molar-refractivity contribution in [3.63, 3.8) is 0 Å². The highest BCUT2D eigenvalue weighted by atomic mass is 79.9. The Hall–Kier alpha value is -0.390. The van der Waals surface area contributed by atoms with E-state index in [0.29, 0.717) is 24.2 Å². The van der Waals surface area contributed by atoms with Crippen molar-refractivity contribution in [1.82, 2.24) is 10.2 Å². The van der Waals surface area contributed by atoms with Gasteiger partial charge in [-0.3, -0.25) is 9.69 Å². The minimum absolute atomic E-state index is 0.0422. The number of nitrogens with one attached hydrogen (secondary N) is 1. The second kappa shape index (κ2) is 8.15. The molecule has 3 nitrogen and oxygen atoms in total. The van der Waals surface area contributed by atoms with E-state index in [0.717, 1.165) is 15.5 Å². The van der Waals surface area contributed by atoms with Crippen molar-refractivity contribution in [1.29, 1.82) is 0 Å². The monoisotopic (exact) mass is 404 g/mol. The maximum absolute atomic E-state index is 12.1. The van der Waals surface area contributed by atoms with E-state index in [9.17, 15) is 4.79 Å². The third-order valence-corrected chi connectivity index (χ3v) is 4.02. The molecule has 0 atom stereocenters. The first-order chi connectivity index (χ1) is 9.31. The van der Waals surface area contributed by atoms with E-state index in [2.05, 4.69) is 69.8 Å². The Labute approximate surface area is 138 Å². The molecule has 0 saturated carbocycles. The van der Waals surface area contributed by atoms with Crippen LogP contribution in [0.15, 0.2) is 27.1 Å². The molecule has 0 aliphatic carbocycles. The van der Waals surface area contributed by atoms with Crippen LogP contribution in [-0.2, 0) is 0 Å². The first kappa shape index (κ1) is 17.7. The average Bonchev–Trinajstić information content (AvgIpc) is 2.32. The van der Waals surface area contributed by atoms with Crippen LogP contribution in [0, 0.1) is 0 Å². The summed E-state index contributed by atoms with van der Waals surface area (Å²) in [6.45, 7) is 10.2. The van der Waals surface area contributed by atoms with Crippen molar-refractivity contribution in [2.75, 3.05) is 13.1 Å². The van der Waals surface area contributed by atoms with E-state index in [1.807, 2.05) is 18.2 Å². The summed E-state index contributed by atoms with van der Waals surface area (Å²) in [6.07, 6.45) is 0. The third-order valence-electron chi connectivity index (χ3n) is 3.11. The van der Waals surface area contributed by atoms with Gasteiger partial charge in [0.05, 0.1) is 0 Å². The van der Waals surface area contributed by atoms with Crippen molar-refractivity contribution in [3.05, 3.63) is 32.7 Å². The zero-order chi connectivity index (χ0) is 15.3. The summed E-state index contributed by atoms with van der Waals surface area (Å²) < 4.78 is 1.78. The molecule has 0 unspecified atom stereocenters. The zero-order valence-electron chi connectivity index (χ0n) is 12.4. The molecule has 0 aromatic heterocycles. The molecular weight excluding hydrogens is 384 g/mol. The van der Waals surface area contributed by atoms with Crippen LogP contribution in [0.3, 0.4) is 0 Å². The number of hydrogen-bond donors (Lipinski definition) is 1. The van der Waals surface area contributed by atoms with E-state index >= 15 is 0 Å². The molecule has 0 heterocycles. The molecule has 20 heavy (non-hydrogen) atoms. The maximum atomic E-state index is 12.1. The van der Waals surface area contributed by atoms with E-state index in [-0.39, 0.29) is 5.91 Å². The van der Waals surface area contributed by atoms with Gasteiger partial charge in [0.1, 0.15) is 0 Å². The smallest absolute Gasteiger partial charge is 0.251 e. The lowest BCUT2D eigenvalue weighted by atomic mass is 10.2. The molecule has 0 fully saturated rings. The first-order valence-corrected chi connectivity index (χ1v) is 8.40. The third kappa shape index (κ3) is 5.54. The predicted molar refractivity (Wildman–Crippen MR) is 91.2 cm³/mol. The van der Waals surface area contributed by atoms with Crippen LogP contribution in [0.25, 0.3) is 0 Å². The molecule has 0 bridgehead atoms. The molecule has 0 aliphatic rings. The summed E-state index contributed by atoms with van der Waals surface area (Å²) in [5.41, 5.74) is 0.659. The van der Waals surface area contributed by atoms with Gasteiger partial charge in [0, 0.05) is 39.7 Å². The number of nitrogens with zero attached hydrogens (tertiary/aromatic N) is 1. The summed E-state index contributed by atoms with van der Waals surface area (Å²) in [6, 6.07) is 6.51. The van der Waals surface area contributed by atoms with Gasteiger partial charge in [0.25, 0.3) is 5.91 Å². The second-order valence-electron chi connectivity index (χ2n) is 5.34. The number of carbonyl (C=O) groups is 1. The lowest BCUT2D eigenvalue weighted by Crippen LogP contribution is -2.42. The molecule has 0 radical (unpaired) electrons. The number of carbonyl (C=O) groups excluding carboxylic acids is 1. The Morgan fingerprint density at radius 2 is 1.60 bits per heavy atom. The summed E-state index contributed by atoms with van der Waals surface area (Å²) in [5, 5.41) is 2.97. The lowest BCUT2D eigenvalue weighted by Gasteiger charge is -2.30. The summed E-state index contributed by atoms with van der Waals surface area (Å²) in [4.78, 5) is 14.5. The Bertz CT molecular complexity index is 433. The normalized spacial score (nSPS) is 11.4. The number of rotatable bonds is 6. The minimum Gasteiger partial charge on any atom is -0.351 e. The number of amides is 1. The highest BCUT2D eigenvalue weighted by molar-refractivity contribution is 9.11. The average molecular weight is 406 g/mol. The van der Waals surface area contributed by atoms with E-state index in [1.54, 1.807) is 0 Å². The fraction of sp³-hybridized carbons (Fsp3) is 0.533. The van der Waals surface area contributed by atoms with E-state index in [1.165, 1.54) is 0 Å². The van der Waals surface area contributed by atoms with E-state index in [4.69, 9.17) is 0 Å². The zero-order valence-corrected chi connectivity index (χ0v) is 15.6. The van der Waals surface area contributed by atoms with Gasteiger partial charge in [-0.25, -0.2) is 0 Å². The van der Waals surface area contributed by atoms with Gasteiger partial charge in [-0.2, -0.15) is 0 Å². The lowest BCUT2D eigenvalue weighted by molar-refractivity contribution is 0.0939. The molecule has 1 aromatic carbocycles.